The summed E-state index contributed by atoms with van der Waals surface area (Å²) in [5.74, 6) is -0.614. The maximum absolute atomic E-state index is 14.4. The van der Waals surface area contributed by atoms with Gasteiger partial charge in [0, 0.05) is 18.7 Å². The van der Waals surface area contributed by atoms with E-state index >= 15 is 0 Å². The van der Waals surface area contributed by atoms with Crippen molar-refractivity contribution in [2.75, 3.05) is 0 Å². The monoisotopic (exact) mass is 303 g/mol. The molecule has 0 fully saturated rings. The molecule has 0 aliphatic rings. The number of rotatable bonds is 2. The van der Waals surface area contributed by atoms with E-state index < -0.39 is 5.82 Å². The van der Waals surface area contributed by atoms with Gasteiger partial charge >= 0.3 is 0 Å². The third kappa shape index (κ3) is 2.69. The lowest BCUT2D eigenvalue weighted by Crippen LogP contribution is -2.16. The van der Waals surface area contributed by atoms with Gasteiger partial charge in [-0.25, -0.2) is 9.37 Å². The number of aryl methyl sites for hydroxylation is 1. The van der Waals surface area contributed by atoms with Crippen LogP contribution in [0.25, 0.3) is 11.3 Å². The topological polar surface area (TPSA) is 58.7 Å². The molecule has 2 rings (SSSR count). The fraction of sp³-hybridized carbons (Fsp3) is 0.267. The van der Waals surface area contributed by atoms with Crippen molar-refractivity contribution >= 4 is 12.6 Å². The second kappa shape index (κ2) is 5.70. The highest BCUT2D eigenvalue weighted by molar-refractivity contribution is 7.80. The van der Waals surface area contributed by atoms with Crippen LogP contribution in [0.1, 0.15) is 30.9 Å². The molecule has 1 heterocycles. The van der Waals surface area contributed by atoms with Crippen LogP contribution in [0.15, 0.2) is 28.2 Å². The van der Waals surface area contributed by atoms with Crippen molar-refractivity contribution < 1.29 is 4.39 Å². The van der Waals surface area contributed by atoms with Crippen LogP contribution in [-0.2, 0) is 7.05 Å². The van der Waals surface area contributed by atoms with E-state index in [1.165, 1.54) is 17.0 Å². The second-order valence-corrected chi connectivity index (χ2v) is 5.49. The fourth-order valence-electron chi connectivity index (χ4n) is 2.03. The zero-order valence-corrected chi connectivity index (χ0v) is 12.8. The third-order valence-corrected chi connectivity index (χ3v) is 3.68. The summed E-state index contributed by atoms with van der Waals surface area (Å²) >= 11 is 4.11. The molecule has 108 valence electrons. The SMILES string of the molecule is CC(C)c1cc(-c2cc(=O)n(C)cn2)c(F)c(S)c1C#N. The van der Waals surface area contributed by atoms with Gasteiger partial charge in [-0.15, -0.1) is 12.6 Å². The summed E-state index contributed by atoms with van der Waals surface area (Å²) in [6, 6.07) is 4.82. The molecule has 0 N–H and O–H groups in total. The Bertz CT molecular complexity index is 806. The molecule has 4 nitrogen and oxygen atoms in total. The molecule has 0 saturated heterocycles. The van der Waals surface area contributed by atoms with Gasteiger partial charge in [-0.1, -0.05) is 13.8 Å². The maximum atomic E-state index is 14.4. The molecule has 0 aliphatic carbocycles. The Balaban J connectivity index is 2.78. The molecule has 0 radical (unpaired) electrons. The molecule has 1 aromatic carbocycles. The molecule has 21 heavy (non-hydrogen) atoms. The first-order valence-corrected chi connectivity index (χ1v) is 6.80. The van der Waals surface area contributed by atoms with Crippen LogP contribution in [-0.4, -0.2) is 9.55 Å². The number of benzene rings is 1. The van der Waals surface area contributed by atoms with Crippen LogP contribution < -0.4 is 5.56 Å². The lowest BCUT2D eigenvalue weighted by Gasteiger charge is -2.14. The van der Waals surface area contributed by atoms with Crippen molar-refractivity contribution in [1.29, 1.82) is 5.26 Å². The molecule has 6 heteroatoms. The minimum absolute atomic E-state index is 0.0128. The predicted octanol–water partition coefficient (Wildman–Crippen LogP) is 2.87. The Labute approximate surface area is 127 Å². The summed E-state index contributed by atoms with van der Waals surface area (Å²) in [6.45, 7) is 3.81. The molecule has 0 aliphatic heterocycles. The highest BCUT2D eigenvalue weighted by Crippen LogP contribution is 2.33. The first-order chi connectivity index (χ1) is 9.86. The zero-order chi connectivity index (χ0) is 15.7. The number of hydrogen-bond donors (Lipinski definition) is 1. The minimum atomic E-state index is -0.639. The molecule has 0 unspecified atom stereocenters. The van der Waals surface area contributed by atoms with Gasteiger partial charge in [-0.2, -0.15) is 5.26 Å². The summed E-state index contributed by atoms with van der Waals surface area (Å²) in [4.78, 5) is 15.7. The van der Waals surface area contributed by atoms with Crippen molar-refractivity contribution in [3.63, 3.8) is 0 Å². The fourth-order valence-corrected chi connectivity index (χ4v) is 2.33. The highest BCUT2D eigenvalue weighted by atomic mass is 32.1. The molecule has 0 spiro atoms. The van der Waals surface area contributed by atoms with E-state index in [0.29, 0.717) is 5.56 Å². The summed E-state index contributed by atoms with van der Waals surface area (Å²) in [5, 5.41) is 9.18. The number of nitrogens with zero attached hydrogens (tertiary/aromatic N) is 3. The second-order valence-electron chi connectivity index (χ2n) is 5.04. The predicted molar refractivity (Wildman–Crippen MR) is 80.9 cm³/mol. The van der Waals surface area contributed by atoms with Gasteiger partial charge < -0.3 is 4.57 Å². The van der Waals surface area contributed by atoms with Crippen molar-refractivity contribution in [1.82, 2.24) is 9.55 Å². The van der Waals surface area contributed by atoms with Crippen molar-refractivity contribution in [3.8, 4) is 17.3 Å². The van der Waals surface area contributed by atoms with E-state index in [2.05, 4.69) is 17.6 Å². The maximum Gasteiger partial charge on any atom is 0.253 e. The number of thiol groups is 1. The third-order valence-electron chi connectivity index (χ3n) is 3.26. The van der Waals surface area contributed by atoms with Gasteiger partial charge in [-0.3, -0.25) is 4.79 Å². The van der Waals surface area contributed by atoms with Crippen LogP contribution >= 0.6 is 12.6 Å². The molecule has 0 bridgehead atoms. The Morgan fingerprint density at radius 2 is 2.10 bits per heavy atom. The molecular weight excluding hydrogens is 289 g/mol. The van der Waals surface area contributed by atoms with Gasteiger partial charge in [0.15, 0.2) is 0 Å². The molecular formula is C15H14FN3OS. The van der Waals surface area contributed by atoms with Gasteiger partial charge in [0.1, 0.15) is 11.9 Å². The van der Waals surface area contributed by atoms with Crippen LogP contribution in [0, 0.1) is 17.1 Å². The quantitative estimate of drug-likeness (QED) is 0.868. The summed E-state index contributed by atoms with van der Waals surface area (Å²) in [7, 11) is 1.57. The summed E-state index contributed by atoms with van der Waals surface area (Å²) in [5.41, 5.74) is 1.04. The van der Waals surface area contributed by atoms with E-state index in [-0.39, 0.29) is 33.2 Å². The van der Waals surface area contributed by atoms with Gasteiger partial charge in [0.25, 0.3) is 5.56 Å². The first kappa shape index (κ1) is 15.3. The van der Waals surface area contributed by atoms with Crippen LogP contribution in [0.3, 0.4) is 0 Å². The summed E-state index contributed by atoms with van der Waals surface area (Å²) in [6.07, 6.45) is 1.34. The largest absolute Gasteiger partial charge is 0.302 e. The van der Waals surface area contributed by atoms with Crippen LogP contribution in [0.5, 0.6) is 0 Å². The van der Waals surface area contributed by atoms with E-state index in [4.69, 9.17) is 0 Å². The summed E-state index contributed by atoms with van der Waals surface area (Å²) < 4.78 is 15.7. The Morgan fingerprint density at radius 3 is 2.62 bits per heavy atom. The lowest BCUT2D eigenvalue weighted by atomic mass is 9.94. The Morgan fingerprint density at radius 1 is 1.43 bits per heavy atom. The normalized spacial score (nSPS) is 10.7. The van der Waals surface area contributed by atoms with E-state index in [1.54, 1.807) is 13.1 Å². The van der Waals surface area contributed by atoms with Crippen molar-refractivity contribution in [2.24, 2.45) is 7.05 Å². The standard InChI is InChI=1S/C15H14FN3OS/c1-8(2)9-4-10(14(16)15(21)11(9)6-17)12-5-13(20)19(3)7-18-12/h4-5,7-8,21H,1-3H3. The van der Waals surface area contributed by atoms with Crippen LogP contribution in [0.4, 0.5) is 4.39 Å². The highest BCUT2D eigenvalue weighted by Gasteiger charge is 2.19. The smallest absolute Gasteiger partial charge is 0.253 e. The Kier molecular flexibility index (Phi) is 4.14. The average Bonchev–Trinajstić information content (AvgIpc) is 2.44. The molecule has 0 saturated carbocycles. The Hall–Kier alpha value is -2.13. The van der Waals surface area contributed by atoms with Crippen molar-refractivity contribution in [2.45, 2.75) is 24.7 Å². The van der Waals surface area contributed by atoms with E-state index in [9.17, 15) is 14.4 Å². The van der Waals surface area contributed by atoms with Crippen molar-refractivity contribution in [3.05, 3.63) is 45.8 Å². The van der Waals surface area contributed by atoms with E-state index in [0.717, 1.165) is 0 Å². The number of nitriles is 1. The van der Waals surface area contributed by atoms with E-state index in [1.807, 2.05) is 19.9 Å². The molecule has 2 aromatic rings. The minimum Gasteiger partial charge on any atom is -0.302 e. The molecule has 1 aromatic heterocycles. The van der Waals surface area contributed by atoms with Gasteiger partial charge in [-0.05, 0) is 17.5 Å². The zero-order valence-electron chi connectivity index (χ0n) is 11.9. The number of hydrogen-bond acceptors (Lipinski definition) is 4. The lowest BCUT2D eigenvalue weighted by molar-refractivity contribution is 0.602. The van der Waals surface area contributed by atoms with Crippen LogP contribution in [0.2, 0.25) is 0 Å². The average molecular weight is 303 g/mol. The number of aromatic nitrogens is 2. The van der Waals surface area contributed by atoms with Gasteiger partial charge in [0.2, 0.25) is 0 Å². The number of halogens is 1. The molecule has 0 atom stereocenters. The first-order valence-electron chi connectivity index (χ1n) is 6.35. The molecule has 0 amide bonds. The van der Waals surface area contributed by atoms with Gasteiger partial charge in [0.05, 0.1) is 22.5 Å².